The maximum atomic E-state index is 5.82. The first-order valence-electron chi connectivity index (χ1n) is 7.65. The summed E-state index contributed by atoms with van der Waals surface area (Å²) < 4.78 is 7.83. The summed E-state index contributed by atoms with van der Waals surface area (Å²) in [6.07, 6.45) is 0. The van der Waals surface area contributed by atoms with Gasteiger partial charge in [-0.2, -0.15) is 0 Å². The Labute approximate surface area is 150 Å². The van der Waals surface area contributed by atoms with Gasteiger partial charge in [0.2, 0.25) is 11.7 Å². The van der Waals surface area contributed by atoms with Gasteiger partial charge < -0.3 is 4.42 Å². The van der Waals surface area contributed by atoms with Crippen molar-refractivity contribution in [3.8, 4) is 10.8 Å². The molecule has 5 aromatic rings. The van der Waals surface area contributed by atoms with Crippen LogP contribution in [0.5, 0.6) is 0 Å². The Balaban J connectivity index is 1.48. The van der Waals surface area contributed by atoms with Gasteiger partial charge in [-0.15, -0.1) is 26.6 Å². The molecule has 0 saturated heterocycles. The smallest absolute Gasteiger partial charge is 0.257 e. The summed E-state index contributed by atoms with van der Waals surface area (Å²) in [4.78, 5) is 5.51. The molecule has 0 aliphatic heterocycles. The van der Waals surface area contributed by atoms with E-state index in [1.54, 1.807) is 23.1 Å². The topological polar surface area (TPSA) is 84.9 Å². The number of nitrogens with one attached hydrogen (secondary N) is 1. The molecule has 7 nitrogen and oxygen atoms in total. The van der Waals surface area contributed by atoms with Crippen LogP contribution in [0.3, 0.4) is 0 Å². The van der Waals surface area contributed by atoms with Gasteiger partial charge in [-0.25, -0.2) is 10.1 Å². The maximum Gasteiger partial charge on any atom is 0.257 e. The molecule has 0 amide bonds. The summed E-state index contributed by atoms with van der Waals surface area (Å²) in [7, 11) is 0. The van der Waals surface area contributed by atoms with Crippen molar-refractivity contribution >= 4 is 39.9 Å². The van der Waals surface area contributed by atoms with Gasteiger partial charge in [0, 0.05) is 0 Å². The number of aromatic nitrogens is 6. The summed E-state index contributed by atoms with van der Waals surface area (Å²) in [5.41, 5.74) is 1.95. The summed E-state index contributed by atoms with van der Waals surface area (Å²) in [6.45, 7) is 2.02. The molecule has 0 saturated carbocycles. The van der Waals surface area contributed by atoms with Gasteiger partial charge in [0.15, 0.2) is 5.16 Å². The predicted octanol–water partition coefficient (Wildman–Crippen LogP) is 4.18. The van der Waals surface area contributed by atoms with Crippen LogP contribution >= 0.6 is 23.1 Å². The SMILES string of the molecule is C[C@@H](Sc1n[nH]c2nc3ccccc3n12)c1nnc(-c2cccs2)o1. The van der Waals surface area contributed by atoms with E-state index in [4.69, 9.17) is 4.42 Å². The molecule has 124 valence electrons. The van der Waals surface area contributed by atoms with Crippen LogP contribution < -0.4 is 0 Å². The molecule has 0 bridgehead atoms. The van der Waals surface area contributed by atoms with E-state index in [1.165, 1.54) is 0 Å². The van der Waals surface area contributed by atoms with Crippen molar-refractivity contribution < 1.29 is 4.42 Å². The zero-order chi connectivity index (χ0) is 16.8. The Bertz CT molecular complexity index is 1160. The molecule has 1 atom stereocenters. The number of nitrogens with zero attached hydrogens (tertiary/aromatic N) is 5. The van der Waals surface area contributed by atoms with Gasteiger partial charge in [-0.1, -0.05) is 30.0 Å². The molecule has 0 radical (unpaired) electrons. The van der Waals surface area contributed by atoms with E-state index in [9.17, 15) is 0 Å². The first kappa shape index (κ1) is 14.7. The van der Waals surface area contributed by atoms with Crippen LogP contribution in [-0.2, 0) is 0 Å². The Morgan fingerprint density at radius 3 is 3.00 bits per heavy atom. The molecular formula is C16H12N6OS2. The lowest BCUT2D eigenvalue weighted by Gasteiger charge is -2.04. The molecule has 9 heteroatoms. The van der Waals surface area contributed by atoms with Gasteiger partial charge in [0.25, 0.3) is 5.89 Å². The molecule has 4 heterocycles. The van der Waals surface area contributed by atoms with Gasteiger partial charge >= 0.3 is 0 Å². The predicted molar refractivity (Wildman–Crippen MR) is 96.7 cm³/mol. The number of H-pyrrole nitrogens is 1. The Kier molecular flexibility index (Phi) is 3.35. The van der Waals surface area contributed by atoms with Gasteiger partial charge in [-0.05, 0) is 30.5 Å². The van der Waals surface area contributed by atoms with Crippen molar-refractivity contribution in [2.45, 2.75) is 17.3 Å². The molecule has 1 aromatic carbocycles. The van der Waals surface area contributed by atoms with Gasteiger partial charge in [-0.3, -0.25) is 4.40 Å². The zero-order valence-electron chi connectivity index (χ0n) is 13.1. The Hall–Kier alpha value is -2.65. The lowest BCUT2D eigenvalue weighted by atomic mass is 10.3. The minimum Gasteiger partial charge on any atom is -0.419 e. The third kappa shape index (κ3) is 2.43. The molecule has 1 N–H and O–H groups in total. The van der Waals surface area contributed by atoms with Crippen LogP contribution in [-0.4, -0.2) is 29.8 Å². The minimum atomic E-state index is -0.0334. The largest absolute Gasteiger partial charge is 0.419 e. The number of thiophene rings is 1. The first-order valence-corrected chi connectivity index (χ1v) is 9.41. The second-order valence-electron chi connectivity index (χ2n) is 5.45. The molecule has 0 aliphatic carbocycles. The fourth-order valence-corrected chi connectivity index (χ4v) is 4.17. The van der Waals surface area contributed by atoms with Crippen molar-refractivity contribution in [2.75, 3.05) is 0 Å². The third-order valence-corrected chi connectivity index (χ3v) is 5.70. The number of thioether (sulfide) groups is 1. The summed E-state index contributed by atoms with van der Waals surface area (Å²) in [5, 5.41) is 18.5. The number of aromatic amines is 1. The van der Waals surface area contributed by atoms with Gasteiger partial charge in [0.1, 0.15) is 0 Å². The van der Waals surface area contributed by atoms with Crippen LogP contribution in [0.2, 0.25) is 0 Å². The monoisotopic (exact) mass is 368 g/mol. The first-order chi connectivity index (χ1) is 12.3. The van der Waals surface area contributed by atoms with Crippen molar-refractivity contribution in [3.05, 3.63) is 47.7 Å². The Morgan fingerprint density at radius 2 is 2.12 bits per heavy atom. The van der Waals surface area contributed by atoms with E-state index < -0.39 is 0 Å². The van der Waals surface area contributed by atoms with Crippen LogP contribution in [0.1, 0.15) is 18.1 Å². The molecule has 0 fully saturated rings. The van der Waals surface area contributed by atoms with Crippen LogP contribution in [0.15, 0.2) is 51.4 Å². The van der Waals surface area contributed by atoms with Crippen molar-refractivity contribution in [1.82, 2.24) is 29.8 Å². The van der Waals surface area contributed by atoms with E-state index >= 15 is 0 Å². The van der Waals surface area contributed by atoms with Gasteiger partial charge in [0.05, 0.1) is 21.2 Å². The molecule has 0 spiro atoms. The fourth-order valence-electron chi connectivity index (χ4n) is 2.63. The van der Waals surface area contributed by atoms with Crippen LogP contribution in [0.4, 0.5) is 0 Å². The molecule has 25 heavy (non-hydrogen) atoms. The minimum absolute atomic E-state index is 0.0334. The number of fused-ring (bicyclic) bond motifs is 3. The summed E-state index contributed by atoms with van der Waals surface area (Å²) in [5.74, 6) is 1.85. The van der Waals surface area contributed by atoms with E-state index in [0.717, 1.165) is 26.8 Å². The lowest BCUT2D eigenvalue weighted by molar-refractivity contribution is 0.510. The number of hydrogen-bond donors (Lipinski definition) is 1. The van der Waals surface area contributed by atoms with E-state index in [2.05, 4.69) is 25.4 Å². The van der Waals surface area contributed by atoms with E-state index in [-0.39, 0.29) is 5.25 Å². The molecule has 0 aliphatic rings. The number of benzene rings is 1. The third-order valence-electron chi connectivity index (χ3n) is 3.81. The maximum absolute atomic E-state index is 5.82. The van der Waals surface area contributed by atoms with E-state index in [0.29, 0.717) is 11.8 Å². The summed E-state index contributed by atoms with van der Waals surface area (Å²) in [6, 6.07) is 11.9. The highest BCUT2D eigenvalue weighted by Crippen LogP contribution is 2.35. The highest BCUT2D eigenvalue weighted by atomic mass is 32.2. The molecule has 4 aromatic heterocycles. The molecule has 0 unspecified atom stereocenters. The lowest BCUT2D eigenvalue weighted by Crippen LogP contribution is -1.92. The normalized spacial score (nSPS) is 13.0. The quantitative estimate of drug-likeness (QED) is 0.479. The van der Waals surface area contributed by atoms with Crippen molar-refractivity contribution in [2.24, 2.45) is 0 Å². The second-order valence-corrected chi connectivity index (χ2v) is 7.70. The van der Waals surface area contributed by atoms with Crippen molar-refractivity contribution in [1.29, 1.82) is 0 Å². The van der Waals surface area contributed by atoms with E-state index in [1.807, 2.05) is 53.1 Å². The highest BCUT2D eigenvalue weighted by molar-refractivity contribution is 7.99. The zero-order valence-corrected chi connectivity index (χ0v) is 14.7. The average molecular weight is 368 g/mol. The standard InChI is InChI=1S/C16H12N6OS2/c1-9(13-18-19-14(23-13)12-7-4-8-24-12)25-16-21-20-15-17-10-5-2-3-6-11(10)22(15)16/h2-9H,1H3,(H,17,20)/t9-/m1/s1. The number of hydrogen-bond acceptors (Lipinski definition) is 7. The highest BCUT2D eigenvalue weighted by Gasteiger charge is 2.20. The second kappa shape index (κ2) is 5.71. The number of para-hydroxylation sites is 2. The molecule has 5 rings (SSSR count). The fraction of sp³-hybridized carbons (Fsp3) is 0.125. The number of imidazole rings is 1. The number of rotatable bonds is 4. The van der Waals surface area contributed by atoms with Crippen molar-refractivity contribution in [3.63, 3.8) is 0 Å². The Morgan fingerprint density at radius 1 is 1.20 bits per heavy atom. The summed E-state index contributed by atoms with van der Waals surface area (Å²) >= 11 is 3.13. The van der Waals surface area contributed by atoms with Crippen LogP contribution in [0, 0.1) is 0 Å². The average Bonchev–Trinajstić information content (AvgIpc) is 3.39. The van der Waals surface area contributed by atoms with Crippen LogP contribution in [0.25, 0.3) is 27.6 Å². The molecular weight excluding hydrogens is 356 g/mol.